The second-order valence-corrected chi connectivity index (χ2v) is 10.4. The molecule has 0 bridgehead atoms. The van der Waals surface area contributed by atoms with E-state index in [-0.39, 0.29) is 10.6 Å². The summed E-state index contributed by atoms with van der Waals surface area (Å²) in [7, 11) is -5.26. The summed E-state index contributed by atoms with van der Waals surface area (Å²) >= 11 is 9.28. The fourth-order valence-electron chi connectivity index (χ4n) is 2.82. The number of benzene rings is 2. The minimum Gasteiger partial charge on any atom is -0.236 e. The van der Waals surface area contributed by atoms with E-state index >= 15 is 0 Å². The van der Waals surface area contributed by atoms with Crippen LogP contribution in [-0.2, 0) is 15.6 Å². The Morgan fingerprint density at radius 3 is 2.48 bits per heavy atom. The Kier molecular flexibility index (Phi) is 5.18. The molecule has 150 valence electrons. The standard InChI is InChI=1S/C19H11ClF3NO2S3/c20-15-7-11(10-29(25,26)19(21,22)23)5-6-13(15)16-9-28-18(24-16)14-8-27-17-4-2-1-3-12(14)17/h1-9H,10H2. The van der Waals surface area contributed by atoms with Crippen molar-refractivity contribution in [2.45, 2.75) is 11.3 Å². The van der Waals surface area contributed by atoms with Gasteiger partial charge in [-0.05, 0) is 17.7 Å². The van der Waals surface area contributed by atoms with Crippen LogP contribution in [0.1, 0.15) is 5.56 Å². The third kappa shape index (κ3) is 3.92. The third-order valence-electron chi connectivity index (χ3n) is 4.23. The van der Waals surface area contributed by atoms with Crippen LogP contribution in [0.3, 0.4) is 0 Å². The summed E-state index contributed by atoms with van der Waals surface area (Å²) in [4.78, 5) is 4.62. The molecule has 0 saturated heterocycles. The highest BCUT2D eigenvalue weighted by Gasteiger charge is 2.45. The molecule has 0 unspecified atom stereocenters. The van der Waals surface area contributed by atoms with Crippen molar-refractivity contribution in [3.63, 3.8) is 0 Å². The monoisotopic (exact) mass is 473 g/mol. The molecule has 0 aliphatic rings. The molecule has 0 aliphatic heterocycles. The van der Waals surface area contributed by atoms with Crippen molar-refractivity contribution in [3.8, 4) is 21.8 Å². The summed E-state index contributed by atoms with van der Waals surface area (Å²) in [6.07, 6.45) is 0. The normalized spacial score (nSPS) is 12.6. The van der Waals surface area contributed by atoms with Crippen LogP contribution in [0.4, 0.5) is 13.2 Å². The average Bonchev–Trinajstić information content (AvgIpc) is 3.27. The Morgan fingerprint density at radius 2 is 1.76 bits per heavy atom. The summed E-state index contributed by atoms with van der Waals surface area (Å²) in [5, 5.41) is 5.89. The van der Waals surface area contributed by atoms with Gasteiger partial charge >= 0.3 is 5.51 Å². The number of sulfone groups is 1. The van der Waals surface area contributed by atoms with E-state index in [4.69, 9.17) is 11.6 Å². The van der Waals surface area contributed by atoms with Crippen molar-refractivity contribution >= 4 is 54.2 Å². The molecule has 0 spiro atoms. The van der Waals surface area contributed by atoms with Crippen molar-refractivity contribution in [1.29, 1.82) is 0 Å². The molecule has 0 saturated carbocycles. The Morgan fingerprint density at radius 1 is 1.00 bits per heavy atom. The van der Waals surface area contributed by atoms with Crippen LogP contribution < -0.4 is 0 Å². The zero-order valence-corrected chi connectivity index (χ0v) is 17.6. The average molecular weight is 474 g/mol. The van der Waals surface area contributed by atoms with Crippen molar-refractivity contribution < 1.29 is 21.6 Å². The third-order valence-corrected chi connectivity index (χ3v) is 7.80. The lowest BCUT2D eigenvalue weighted by Gasteiger charge is -2.09. The molecule has 4 rings (SSSR count). The highest BCUT2D eigenvalue weighted by Crippen LogP contribution is 2.38. The lowest BCUT2D eigenvalue weighted by molar-refractivity contribution is -0.0437. The molecular weight excluding hydrogens is 463 g/mol. The fourth-order valence-corrected chi connectivity index (χ4v) is 5.77. The number of halogens is 4. The van der Waals surface area contributed by atoms with Crippen molar-refractivity contribution in [2.75, 3.05) is 0 Å². The number of alkyl halides is 3. The molecule has 0 atom stereocenters. The summed E-state index contributed by atoms with van der Waals surface area (Å²) in [6.45, 7) is 0. The maximum Gasteiger partial charge on any atom is 0.497 e. The molecule has 0 N–H and O–H groups in total. The fraction of sp³-hybridized carbons (Fsp3) is 0.105. The van der Waals surface area contributed by atoms with E-state index in [0.29, 0.717) is 11.3 Å². The highest BCUT2D eigenvalue weighted by molar-refractivity contribution is 7.91. The van der Waals surface area contributed by atoms with Gasteiger partial charge in [-0.2, -0.15) is 13.2 Å². The molecule has 29 heavy (non-hydrogen) atoms. The quantitative estimate of drug-likeness (QED) is 0.328. The molecule has 0 fully saturated rings. The van der Waals surface area contributed by atoms with E-state index in [9.17, 15) is 21.6 Å². The number of fused-ring (bicyclic) bond motifs is 1. The summed E-state index contributed by atoms with van der Waals surface area (Å²) < 4.78 is 61.6. The predicted octanol–water partition coefficient (Wildman–Crippen LogP) is 6.78. The van der Waals surface area contributed by atoms with Crippen molar-refractivity contribution in [1.82, 2.24) is 4.98 Å². The van der Waals surface area contributed by atoms with E-state index in [2.05, 4.69) is 4.98 Å². The van der Waals surface area contributed by atoms with Crippen molar-refractivity contribution in [2.24, 2.45) is 0 Å². The van der Waals surface area contributed by atoms with Crippen LogP contribution in [0.2, 0.25) is 5.02 Å². The largest absolute Gasteiger partial charge is 0.497 e. The Bertz CT molecular complexity index is 1310. The first kappa shape index (κ1) is 20.3. The van der Waals surface area contributed by atoms with Crippen LogP contribution in [-0.4, -0.2) is 18.9 Å². The van der Waals surface area contributed by atoms with Gasteiger partial charge in [-0.3, -0.25) is 0 Å². The van der Waals surface area contributed by atoms with Crippen molar-refractivity contribution in [3.05, 3.63) is 63.8 Å². The number of rotatable bonds is 4. The van der Waals surface area contributed by atoms with E-state index in [1.807, 2.05) is 35.0 Å². The second kappa shape index (κ2) is 7.39. The smallest absolute Gasteiger partial charge is 0.236 e. The van der Waals surface area contributed by atoms with Gasteiger partial charge in [0.1, 0.15) is 5.01 Å². The van der Waals surface area contributed by atoms with Gasteiger partial charge in [0.15, 0.2) is 0 Å². The number of thiazole rings is 1. The number of thiophene rings is 1. The second-order valence-electron chi connectivity index (χ2n) is 6.20. The first-order valence-corrected chi connectivity index (χ1v) is 11.9. The van der Waals surface area contributed by atoms with Crippen LogP contribution in [0, 0.1) is 0 Å². The number of aromatic nitrogens is 1. The van der Waals surface area contributed by atoms with Gasteiger partial charge in [0.05, 0.1) is 16.5 Å². The number of hydrogen-bond acceptors (Lipinski definition) is 5. The maximum absolute atomic E-state index is 12.6. The van der Waals surface area contributed by atoms with E-state index in [0.717, 1.165) is 20.7 Å². The Hall–Kier alpha value is -1.94. The van der Waals surface area contributed by atoms with Gasteiger partial charge in [0, 0.05) is 32.0 Å². The van der Waals surface area contributed by atoms with Gasteiger partial charge < -0.3 is 0 Å². The molecule has 2 heterocycles. The number of nitrogens with zero attached hydrogens (tertiary/aromatic N) is 1. The van der Waals surface area contributed by atoms with Crippen LogP contribution in [0.15, 0.2) is 53.2 Å². The lowest BCUT2D eigenvalue weighted by Crippen LogP contribution is -2.24. The molecule has 0 amide bonds. The van der Waals surface area contributed by atoms with Gasteiger partial charge in [0.2, 0.25) is 0 Å². The molecule has 0 radical (unpaired) electrons. The van der Waals surface area contributed by atoms with Gasteiger partial charge in [-0.15, -0.1) is 22.7 Å². The lowest BCUT2D eigenvalue weighted by atomic mass is 10.1. The molecule has 4 aromatic rings. The van der Waals surface area contributed by atoms with Gasteiger partial charge in [0.25, 0.3) is 9.84 Å². The summed E-state index contributed by atoms with van der Waals surface area (Å²) in [5.74, 6) is -1.15. The zero-order chi connectivity index (χ0) is 20.8. The van der Waals surface area contributed by atoms with Crippen LogP contribution in [0.25, 0.3) is 31.9 Å². The summed E-state index contributed by atoms with van der Waals surface area (Å²) in [5.41, 5.74) is -3.22. The molecule has 2 aromatic heterocycles. The topological polar surface area (TPSA) is 47.0 Å². The predicted molar refractivity (Wildman–Crippen MR) is 112 cm³/mol. The van der Waals surface area contributed by atoms with Gasteiger partial charge in [-0.1, -0.05) is 41.9 Å². The van der Waals surface area contributed by atoms with E-state index in [1.54, 1.807) is 11.3 Å². The number of hydrogen-bond donors (Lipinski definition) is 0. The molecule has 10 heteroatoms. The minimum atomic E-state index is -5.30. The Balaban J connectivity index is 1.65. The van der Waals surface area contributed by atoms with Crippen LogP contribution >= 0.6 is 34.3 Å². The molecule has 3 nitrogen and oxygen atoms in total. The molecule has 2 aromatic carbocycles. The first-order chi connectivity index (χ1) is 13.7. The molecular formula is C19H11ClF3NO2S3. The Labute approximate surface area is 177 Å². The molecule has 0 aliphatic carbocycles. The zero-order valence-electron chi connectivity index (χ0n) is 14.4. The van der Waals surface area contributed by atoms with E-state index in [1.165, 1.54) is 29.5 Å². The van der Waals surface area contributed by atoms with E-state index < -0.39 is 21.1 Å². The van der Waals surface area contributed by atoms with Crippen LogP contribution in [0.5, 0.6) is 0 Å². The van der Waals surface area contributed by atoms with Gasteiger partial charge in [-0.25, -0.2) is 13.4 Å². The maximum atomic E-state index is 12.6. The first-order valence-electron chi connectivity index (χ1n) is 8.16. The minimum absolute atomic E-state index is 0.0321. The highest BCUT2D eigenvalue weighted by atomic mass is 35.5. The SMILES string of the molecule is O=S(=O)(Cc1ccc(-c2csc(-c3csc4ccccc34)n2)c(Cl)c1)C(F)(F)F. The summed E-state index contributed by atoms with van der Waals surface area (Å²) in [6, 6.07) is 12.0.